The maximum atomic E-state index is 12.8. The van der Waals surface area contributed by atoms with Gasteiger partial charge in [0.05, 0.1) is 15.5 Å². The number of nitrogens with zero attached hydrogens (tertiary/aromatic N) is 1. The summed E-state index contributed by atoms with van der Waals surface area (Å²) in [4.78, 5) is 9.48. The van der Waals surface area contributed by atoms with Crippen LogP contribution in [-0.2, 0) is 6.18 Å². The molecule has 100 valence electrons. The molecule has 0 saturated carbocycles. The van der Waals surface area contributed by atoms with Gasteiger partial charge in [-0.1, -0.05) is 18.5 Å². The maximum Gasteiger partial charge on any atom is 0.417 e. The van der Waals surface area contributed by atoms with Crippen molar-refractivity contribution in [1.82, 2.24) is 0 Å². The highest BCUT2D eigenvalue weighted by molar-refractivity contribution is 7.99. The Labute approximate surface area is 110 Å². The van der Waals surface area contributed by atoms with E-state index in [2.05, 4.69) is 0 Å². The van der Waals surface area contributed by atoms with Gasteiger partial charge in [-0.3, -0.25) is 10.1 Å². The van der Waals surface area contributed by atoms with Crippen LogP contribution >= 0.6 is 23.4 Å². The molecule has 8 heteroatoms. The summed E-state index contributed by atoms with van der Waals surface area (Å²) in [5.41, 5.74) is -1.71. The van der Waals surface area contributed by atoms with Crippen LogP contribution in [0.2, 0.25) is 5.02 Å². The van der Waals surface area contributed by atoms with E-state index in [1.807, 2.05) is 6.92 Å². The molecule has 0 N–H and O–H groups in total. The van der Waals surface area contributed by atoms with E-state index in [4.69, 9.17) is 11.6 Å². The van der Waals surface area contributed by atoms with Crippen molar-refractivity contribution < 1.29 is 18.1 Å². The molecule has 0 bridgehead atoms. The second kappa shape index (κ2) is 5.79. The van der Waals surface area contributed by atoms with Gasteiger partial charge in [-0.25, -0.2) is 0 Å². The largest absolute Gasteiger partial charge is 0.417 e. The third-order valence-corrected chi connectivity index (χ3v) is 3.75. The van der Waals surface area contributed by atoms with Crippen molar-refractivity contribution in [2.45, 2.75) is 24.4 Å². The molecule has 1 rings (SSSR count). The Morgan fingerprint density at radius 3 is 2.50 bits per heavy atom. The predicted molar refractivity (Wildman–Crippen MR) is 64.1 cm³/mol. The number of rotatable bonds is 4. The summed E-state index contributed by atoms with van der Waals surface area (Å²) < 4.78 is 38.4. The Morgan fingerprint density at radius 2 is 2.06 bits per heavy atom. The number of hydrogen-bond acceptors (Lipinski definition) is 3. The maximum absolute atomic E-state index is 12.8. The van der Waals surface area contributed by atoms with Gasteiger partial charge < -0.3 is 0 Å². The predicted octanol–water partition coefficient (Wildman–Crippen LogP) is 4.77. The molecule has 0 heterocycles. The van der Waals surface area contributed by atoms with E-state index in [1.165, 1.54) is 0 Å². The van der Waals surface area contributed by atoms with Gasteiger partial charge in [0.15, 0.2) is 0 Å². The van der Waals surface area contributed by atoms with Crippen LogP contribution in [0.3, 0.4) is 0 Å². The van der Waals surface area contributed by atoms with Crippen molar-refractivity contribution in [3.05, 3.63) is 32.8 Å². The molecule has 0 atom stereocenters. The number of non-ortho nitro benzene ring substituents is 1. The normalized spacial score (nSPS) is 11.6. The van der Waals surface area contributed by atoms with Crippen molar-refractivity contribution in [3.8, 4) is 0 Å². The van der Waals surface area contributed by atoms with Gasteiger partial charge >= 0.3 is 6.18 Å². The average molecular weight is 300 g/mol. The average Bonchev–Trinajstić information content (AvgIpc) is 2.25. The molecule has 1 aromatic carbocycles. The fraction of sp³-hybridized carbons (Fsp3) is 0.400. The van der Waals surface area contributed by atoms with Crippen LogP contribution in [0.1, 0.15) is 18.9 Å². The Balaban J connectivity index is 3.35. The number of benzene rings is 1. The van der Waals surface area contributed by atoms with Crippen LogP contribution in [0.5, 0.6) is 0 Å². The van der Waals surface area contributed by atoms with Gasteiger partial charge in [0.2, 0.25) is 0 Å². The van der Waals surface area contributed by atoms with E-state index < -0.39 is 22.4 Å². The lowest BCUT2D eigenvalue weighted by molar-refractivity contribution is -0.385. The number of nitro groups is 1. The molecule has 1 aromatic rings. The topological polar surface area (TPSA) is 43.1 Å². The smallest absolute Gasteiger partial charge is 0.258 e. The molecule has 0 aliphatic carbocycles. The van der Waals surface area contributed by atoms with E-state index >= 15 is 0 Å². The number of nitro benzene ring substituents is 1. The molecule has 0 saturated heterocycles. The molecule has 0 unspecified atom stereocenters. The van der Waals surface area contributed by atoms with Crippen molar-refractivity contribution in [2.75, 3.05) is 5.75 Å². The fourth-order valence-electron chi connectivity index (χ4n) is 1.25. The molecular weight excluding hydrogens is 291 g/mol. The van der Waals surface area contributed by atoms with E-state index in [-0.39, 0.29) is 9.92 Å². The van der Waals surface area contributed by atoms with Gasteiger partial charge in [-0.15, -0.1) is 11.8 Å². The van der Waals surface area contributed by atoms with Crippen molar-refractivity contribution in [3.63, 3.8) is 0 Å². The first-order chi connectivity index (χ1) is 8.27. The third-order valence-electron chi connectivity index (χ3n) is 2.00. The number of thioether (sulfide) groups is 1. The van der Waals surface area contributed by atoms with Gasteiger partial charge in [-0.2, -0.15) is 13.2 Å². The van der Waals surface area contributed by atoms with Crippen LogP contribution in [0, 0.1) is 10.1 Å². The zero-order chi connectivity index (χ0) is 13.9. The first-order valence-corrected chi connectivity index (χ1v) is 6.31. The highest BCUT2D eigenvalue weighted by Gasteiger charge is 2.36. The molecule has 0 aromatic heterocycles. The van der Waals surface area contributed by atoms with Crippen LogP contribution < -0.4 is 0 Å². The summed E-state index contributed by atoms with van der Waals surface area (Å²) >= 11 is 6.64. The minimum atomic E-state index is -4.66. The summed E-state index contributed by atoms with van der Waals surface area (Å²) in [6, 6.07) is 1.46. The van der Waals surface area contributed by atoms with Gasteiger partial charge in [0.25, 0.3) is 5.69 Å². The lowest BCUT2D eigenvalue weighted by Crippen LogP contribution is -2.08. The molecule has 0 radical (unpaired) electrons. The summed E-state index contributed by atoms with van der Waals surface area (Å²) in [6.07, 6.45) is -3.99. The van der Waals surface area contributed by atoms with Crippen LogP contribution in [0.15, 0.2) is 17.0 Å². The first kappa shape index (κ1) is 15.1. The molecular formula is C10H9ClF3NO2S. The van der Waals surface area contributed by atoms with Crippen molar-refractivity contribution >= 4 is 29.1 Å². The standard InChI is InChI=1S/C10H9ClF3NO2S/c1-2-3-18-9-7(10(12,13)14)4-6(15(16)17)5-8(9)11/h4-5H,2-3H2,1H3. The Morgan fingerprint density at radius 1 is 1.44 bits per heavy atom. The number of hydrogen-bond donors (Lipinski definition) is 0. The Kier molecular flexibility index (Phi) is 4.86. The molecule has 18 heavy (non-hydrogen) atoms. The van der Waals surface area contributed by atoms with E-state index in [9.17, 15) is 23.3 Å². The highest BCUT2D eigenvalue weighted by atomic mass is 35.5. The first-order valence-electron chi connectivity index (χ1n) is 4.95. The van der Waals surface area contributed by atoms with Crippen LogP contribution in [0.25, 0.3) is 0 Å². The van der Waals surface area contributed by atoms with E-state index in [0.717, 1.165) is 17.8 Å². The summed E-state index contributed by atoms with van der Waals surface area (Å²) in [5.74, 6) is 0.459. The van der Waals surface area contributed by atoms with Gasteiger partial charge in [-0.05, 0) is 12.2 Å². The van der Waals surface area contributed by atoms with Gasteiger partial charge in [0, 0.05) is 17.0 Å². The summed E-state index contributed by atoms with van der Waals surface area (Å²) in [5, 5.41) is 10.3. The minimum absolute atomic E-state index is 0.156. The molecule has 0 aliphatic heterocycles. The molecule has 0 aliphatic rings. The molecule has 0 spiro atoms. The molecule has 3 nitrogen and oxygen atoms in total. The van der Waals surface area contributed by atoms with E-state index in [0.29, 0.717) is 18.2 Å². The van der Waals surface area contributed by atoms with Crippen LogP contribution in [-0.4, -0.2) is 10.7 Å². The summed E-state index contributed by atoms with van der Waals surface area (Å²) in [6.45, 7) is 1.82. The highest BCUT2D eigenvalue weighted by Crippen LogP contribution is 2.42. The quantitative estimate of drug-likeness (QED) is 0.457. The lowest BCUT2D eigenvalue weighted by atomic mass is 10.2. The second-order valence-electron chi connectivity index (χ2n) is 3.41. The van der Waals surface area contributed by atoms with Gasteiger partial charge in [0.1, 0.15) is 0 Å². The Hall–Kier alpha value is -0.950. The monoisotopic (exact) mass is 299 g/mol. The SMILES string of the molecule is CCCSc1c(Cl)cc([N+](=O)[O-])cc1C(F)(F)F. The minimum Gasteiger partial charge on any atom is -0.258 e. The zero-order valence-corrected chi connectivity index (χ0v) is 10.8. The van der Waals surface area contributed by atoms with Crippen molar-refractivity contribution in [1.29, 1.82) is 0 Å². The Bertz CT molecular complexity index is 465. The third kappa shape index (κ3) is 3.52. The lowest BCUT2D eigenvalue weighted by Gasteiger charge is -2.13. The fourth-order valence-corrected chi connectivity index (χ4v) is 2.56. The number of alkyl halides is 3. The van der Waals surface area contributed by atoms with Crippen molar-refractivity contribution in [2.24, 2.45) is 0 Å². The molecule has 0 fully saturated rings. The van der Waals surface area contributed by atoms with Crippen LogP contribution in [0.4, 0.5) is 18.9 Å². The molecule has 0 amide bonds. The second-order valence-corrected chi connectivity index (χ2v) is 4.92. The summed E-state index contributed by atoms with van der Waals surface area (Å²) in [7, 11) is 0. The van der Waals surface area contributed by atoms with E-state index in [1.54, 1.807) is 0 Å². The number of halogens is 4. The zero-order valence-electron chi connectivity index (χ0n) is 9.25.